The highest BCUT2D eigenvalue weighted by molar-refractivity contribution is 14.1. The molecule has 3 atom stereocenters. The van der Waals surface area contributed by atoms with Gasteiger partial charge in [0.25, 0.3) is 0 Å². The Kier molecular flexibility index (Phi) is 9.61. The van der Waals surface area contributed by atoms with Gasteiger partial charge in [0.1, 0.15) is 18.0 Å². The van der Waals surface area contributed by atoms with E-state index in [-0.39, 0.29) is 37.3 Å². The van der Waals surface area contributed by atoms with Gasteiger partial charge in [-0.25, -0.2) is 0 Å². The van der Waals surface area contributed by atoms with E-state index in [0.29, 0.717) is 17.9 Å². The molecule has 2 aliphatic carbocycles. The van der Waals surface area contributed by atoms with Gasteiger partial charge < -0.3 is 25.2 Å². The van der Waals surface area contributed by atoms with Crippen LogP contribution in [-0.2, 0) is 16.1 Å². The van der Waals surface area contributed by atoms with Crippen LogP contribution >= 0.6 is 22.6 Å². The molecule has 0 aromatic heterocycles. The Hall–Kier alpha value is -2.43. The van der Waals surface area contributed by atoms with Crippen LogP contribution in [0.2, 0.25) is 0 Å². The van der Waals surface area contributed by atoms with Crippen molar-refractivity contribution in [1.82, 2.24) is 10.2 Å². The molecule has 1 saturated carbocycles. The lowest BCUT2D eigenvalue weighted by Crippen LogP contribution is -2.55. The number of carbonyl (C=O) groups excluding carboxylic acids is 2. The van der Waals surface area contributed by atoms with Crippen molar-refractivity contribution in [3.63, 3.8) is 0 Å². The summed E-state index contributed by atoms with van der Waals surface area (Å²) in [6.07, 6.45) is 3.74. The summed E-state index contributed by atoms with van der Waals surface area (Å²) >= 11 is 2.17. The van der Waals surface area contributed by atoms with Crippen LogP contribution in [0.15, 0.2) is 60.2 Å². The fraction of sp³-hybridized carbons (Fsp3) is 0.448. The summed E-state index contributed by atoms with van der Waals surface area (Å²) in [6.45, 7) is 2.32. The third-order valence-corrected chi connectivity index (χ3v) is 8.07. The van der Waals surface area contributed by atoms with Gasteiger partial charge in [0.15, 0.2) is 0 Å². The Labute approximate surface area is 232 Å². The largest absolute Gasteiger partial charge is 0.482 e. The summed E-state index contributed by atoms with van der Waals surface area (Å²) in [4.78, 5) is 28.6. The first-order valence-electron chi connectivity index (χ1n) is 12.9. The van der Waals surface area contributed by atoms with E-state index in [4.69, 9.17) is 4.74 Å². The first kappa shape index (κ1) is 27.6. The summed E-state index contributed by atoms with van der Waals surface area (Å²) in [7, 11) is 0. The Bertz CT molecular complexity index is 1110. The standard InChI is InChI=1S/C29H35IN2O5/c1-19-10-12-20(13-11-19)18-32(29(36)21-6-2-3-7-21)24-16-22(28(35)31-14-15-33)17-26(27(24)34)37-25-9-5-4-8-23(25)30/h4-5,8-13,17,21,24,26-27,33-34H,2-3,6-7,14-16,18H2,1H3,(H,31,35)/t24-,26+,27+/m1/s1. The van der Waals surface area contributed by atoms with Crippen LogP contribution in [0.5, 0.6) is 5.75 Å². The third kappa shape index (κ3) is 6.91. The minimum Gasteiger partial charge on any atom is -0.482 e. The fourth-order valence-corrected chi connectivity index (χ4v) is 5.64. The van der Waals surface area contributed by atoms with Crippen molar-refractivity contribution >= 4 is 34.4 Å². The number of para-hydroxylation sites is 1. The number of hydrogen-bond acceptors (Lipinski definition) is 5. The van der Waals surface area contributed by atoms with Crippen molar-refractivity contribution in [3.8, 4) is 5.75 Å². The topological polar surface area (TPSA) is 99.1 Å². The number of nitrogens with one attached hydrogen (secondary N) is 1. The average Bonchev–Trinajstić information content (AvgIpc) is 3.44. The molecule has 2 amide bonds. The molecule has 37 heavy (non-hydrogen) atoms. The molecule has 7 nitrogen and oxygen atoms in total. The zero-order valence-corrected chi connectivity index (χ0v) is 23.3. The first-order valence-corrected chi connectivity index (χ1v) is 14.0. The summed E-state index contributed by atoms with van der Waals surface area (Å²) in [6, 6.07) is 14.9. The molecule has 0 spiro atoms. The molecule has 0 bridgehead atoms. The van der Waals surface area contributed by atoms with E-state index < -0.39 is 18.2 Å². The van der Waals surface area contributed by atoms with Crippen molar-refractivity contribution in [2.75, 3.05) is 13.2 Å². The Balaban J connectivity index is 1.68. The molecule has 198 valence electrons. The zero-order valence-electron chi connectivity index (χ0n) is 21.1. The number of hydrogen-bond donors (Lipinski definition) is 3. The Morgan fingerprint density at radius 2 is 1.81 bits per heavy atom. The molecular formula is C29H35IN2O5. The summed E-state index contributed by atoms with van der Waals surface area (Å²) in [5.74, 6) is 0.217. The number of rotatable bonds is 9. The maximum absolute atomic E-state index is 13.8. The summed E-state index contributed by atoms with van der Waals surface area (Å²) in [5, 5.41) is 23.5. The molecule has 0 radical (unpaired) electrons. The van der Waals surface area contributed by atoms with Gasteiger partial charge in [-0.15, -0.1) is 0 Å². The van der Waals surface area contributed by atoms with E-state index in [2.05, 4.69) is 27.9 Å². The second-order valence-corrected chi connectivity index (χ2v) is 11.0. The summed E-state index contributed by atoms with van der Waals surface area (Å²) in [5.41, 5.74) is 2.54. The number of aliphatic hydroxyl groups is 2. The minimum absolute atomic E-state index is 0.0205. The highest BCUT2D eigenvalue weighted by Crippen LogP contribution is 2.33. The van der Waals surface area contributed by atoms with Crippen LogP contribution in [0, 0.1) is 16.4 Å². The van der Waals surface area contributed by atoms with Gasteiger partial charge in [-0.2, -0.15) is 0 Å². The van der Waals surface area contributed by atoms with Crippen LogP contribution in [0.3, 0.4) is 0 Å². The molecule has 0 saturated heterocycles. The zero-order chi connectivity index (χ0) is 26.4. The van der Waals surface area contributed by atoms with E-state index in [0.717, 1.165) is 40.4 Å². The van der Waals surface area contributed by atoms with Gasteiger partial charge in [-0.05, 0) is 66.1 Å². The number of benzene rings is 2. The Morgan fingerprint density at radius 1 is 1.11 bits per heavy atom. The van der Waals surface area contributed by atoms with Crippen molar-refractivity contribution in [2.24, 2.45) is 5.92 Å². The number of aryl methyl sites for hydroxylation is 1. The molecule has 2 aliphatic rings. The van der Waals surface area contributed by atoms with Crippen molar-refractivity contribution in [2.45, 2.75) is 63.8 Å². The molecule has 8 heteroatoms. The molecule has 4 rings (SSSR count). The number of aliphatic hydroxyl groups excluding tert-OH is 2. The number of nitrogens with zero attached hydrogens (tertiary/aromatic N) is 1. The monoisotopic (exact) mass is 618 g/mol. The fourth-order valence-electron chi connectivity index (χ4n) is 5.12. The van der Waals surface area contributed by atoms with Crippen LogP contribution < -0.4 is 10.1 Å². The van der Waals surface area contributed by atoms with Gasteiger partial charge in [0.05, 0.1) is 16.2 Å². The lowest BCUT2D eigenvalue weighted by molar-refractivity contribution is -0.143. The predicted octanol–water partition coefficient (Wildman–Crippen LogP) is 3.73. The highest BCUT2D eigenvalue weighted by atomic mass is 127. The normalized spacial score (nSPS) is 21.8. The first-order chi connectivity index (χ1) is 17.9. The second-order valence-electron chi connectivity index (χ2n) is 9.88. The quantitative estimate of drug-likeness (QED) is 0.373. The van der Waals surface area contributed by atoms with Crippen LogP contribution in [0.1, 0.15) is 43.2 Å². The molecule has 2 aromatic carbocycles. The number of halogens is 1. The third-order valence-electron chi connectivity index (χ3n) is 7.18. The molecular weight excluding hydrogens is 583 g/mol. The van der Waals surface area contributed by atoms with Gasteiger partial charge >= 0.3 is 0 Å². The van der Waals surface area contributed by atoms with Gasteiger partial charge in [-0.3, -0.25) is 9.59 Å². The van der Waals surface area contributed by atoms with Gasteiger partial charge in [-0.1, -0.05) is 54.8 Å². The lowest BCUT2D eigenvalue weighted by atomic mass is 9.87. The average molecular weight is 619 g/mol. The number of ether oxygens (including phenoxy) is 1. The van der Waals surface area contributed by atoms with Crippen molar-refractivity contribution < 1.29 is 24.5 Å². The smallest absolute Gasteiger partial charge is 0.247 e. The maximum atomic E-state index is 13.8. The van der Waals surface area contributed by atoms with Crippen LogP contribution in [0.4, 0.5) is 0 Å². The van der Waals surface area contributed by atoms with Crippen molar-refractivity contribution in [1.29, 1.82) is 0 Å². The van der Waals surface area contributed by atoms with E-state index in [9.17, 15) is 19.8 Å². The molecule has 0 aliphatic heterocycles. The molecule has 2 aromatic rings. The van der Waals surface area contributed by atoms with E-state index in [1.165, 1.54) is 0 Å². The lowest BCUT2D eigenvalue weighted by Gasteiger charge is -2.41. The van der Waals surface area contributed by atoms with E-state index in [1.807, 2.05) is 55.5 Å². The van der Waals surface area contributed by atoms with Gasteiger partial charge in [0.2, 0.25) is 11.8 Å². The Morgan fingerprint density at radius 3 is 2.49 bits per heavy atom. The van der Waals surface area contributed by atoms with Crippen LogP contribution in [-0.4, -0.2) is 58.3 Å². The predicted molar refractivity (Wildman–Crippen MR) is 150 cm³/mol. The highest BCUT2D eigenvalue weighted by Gasteiger charge is 2.42. The molecule has 1 fully saturated rings. The number of amides is 2. The van der Waals surface area contributed by atoms with Gasteiger partial charge in [0, 0.05) is 31.0 Å². The molecule has 3 N–H and O–H groups in total. The SMILES string of the molecule is Cc1ccc(CN(C(=O)C2CCCC2)[C@@H]2CC(C(=O)NCCO)=C[C@H](Oc3ccccc3I)[C@H]2O)cc1. The minimum atomic E-state index is -1.03. The number of carbonyl (C=O) groups is 2. The summed E-state index contributed by atoms with van der Waals surface area (Å²) < 4.78 is 7.12. The molecule has 0 heterocycles. The van der Waals surface area contributed by atoms with E-state index >= 15 is 0 Å². The van der Waals surface area contributed by atoms with Crippen LogP contribution in [0.25, 0.3) is 0 Å². The second kappa shape index (κ2) is 12.9. The van der Waals surface area contributed by atoms with Crippen molar-refractivity contribution in [3.05, 3.63) is 74.9 Å². The molecule has 0 unspecified atom stereocenters. The van der Waals surface area contributed by atoms with E-state index in [1.54, 1.807) is 11.0 Å². The maximum Gasteiger partial charge on any atom is 0.247 e.